The van der Waals surface area contributed by atoms with Gasteiger partial charge in [-0.15, -0.1) is 12.4 Å². The third-order valence-corrected chi connectivity index (χ3v) is 3.72. The molecule has 0 bridgehead atoms. The highest BCUT2D eigenvalue weighted by Gasteiger charge is 2.37. The maximum Gasteiger partial charge on any atom is 0.164 e. The highest BCUT2D eigenvalue weighted by Crippen LogP contribution is 2.38. The zero-order valence-corrected chi connectivity index (χ0v) is 12.9. The van der Waals surface area contributed by atoms with Crippen LogP contribution >= 0.6 is 12.4 Å². The van der Waals surface area contributed by atoms with Crippen LogP contribution in [-0.4, -0.2) is 0 Å². The summed E-state index contributed by atoms with van der Waals surface area (Å²) in [5, 5.41) is 0. The summed E-state index contributed by atoms with van der Waals surface area (Å²) in [6.45, 7) is 0. The third-order valence-electron chi connectivity index (χ3n) is 3.72. The van der Waals surface area contributed by atoms with E-state index in [1.54, 1.807) is 0 Å². The van der Waals surface area contributed by atoms with Crippen molar-refractivity contribution in [2.75, 3.05) is 0 Å². The van der Waals surface area contributed by atoms with Crippen molar-refractivity contribution in [2.24, 2.45) is 5.90 Å². The first-order valence-electron chi connectivity index (χ1n) is 6.92. The molecule has 0 aromatic heterocycles. The Kier molecular flexibility index (Phi) is 5.34. The monoisotopic (exact) mass is 311 g/mol. The van der Waals surface area contributed by atoms with Crippen molar-refractivity contribution in [1.82, 2.24) is 0 Å². The van der Waals surface area contributed by atoms with Crippen molar-refractivity contribution in [3.05, 3.63) is 108 Å². The number of hydrogen-bond acceptors (Lipinski definition) is 2. The molecule has 0 heterocycles. The van der Waals surface area contributed by atoms with Crippen LogP contribution in [0.1, 0.15) is 16.7 Å². The number of hydrogen-bond donors (Lipinski definition) is 1. The molecule has 0 fully saturated rings. The van der Waals surface area contributed by atoms with Crippen LogP contribution in [0.15, 0.2) is 91.0 Å². The van der Waals surface area contributed by atoms with E-state index >= 15 is 0 Å². The molecule has 3 aromatic carbocycles. The van der Waals surface area contributed by atoms with Gasteiger partial charge in [0.25, 0.3) is 0 Å². The van der Waals surface area contributed by atoms with E-state index < -0.39 is 5.60 Å². The molecule has 0 saturated carbocycles. The lowest BCUT2D eigenvalue weighted by molar-refractivity contribution is 0.0118. The van der Waals surface area contributed by atoms with Crippen LogP contribution < -0.4 is 5.90 Å². The van der Waals surface area contributed by atoms with Gasteiger partial charge in [0.2, 0.25) is 0 Å². The second-order valence-corrected chi connectivity index (χ2v) is 4.90. The summed E-state index contributed by atoms with van der Waals surface area (Å²) in [4.78, 5) is 5.60. The molecule has 2 N–H and O–H groups in total. The minimum atomic E-state index is -0.802. The van der Waals surface area contributed by atoms with Crippen LogP contribution in [0.3, 0.4) is 0 Å². The zero-order chi connectivity index (χ0) is 14.5. The Morgan fingerprint density at radius 3 is 1.05 bits per heavy atom. The molecule has 0 radical (unpaired) electrons. The standard InChI is InChI=1S/C19H17NO.ClH/c20-21-19(16-10-4-1-5-11-16,17-12-6-2-7-13-17)18-14-8-3-9-15-18;/h1-15H,20H2;1H. The molecule has 112 valence electrons. The summed E-state index contributed by atoms with van der Waals surface area (Å²) < 4.78 is 0. The van der Waals surface area contributed by atoms with Crippen LogP contribution in [0.5, 0.6) is 0 Å². The predicted molar refractivity (Wildman–Crippen MR) is 91.7 cm³/mol. The molecule has 0 atom stereocenters. The summed E-state index contributed by atoms with van der Waals surface area (Å²) in [7, 11) is 0. The van der Waals surface area contributed by atoms with E-state index in [1.807, 2.05) is 91.0 Å². The molecule has 0 amide bonds. The van der Waals surface area contributed by atoms with Crippen LogP contribution in [0.4, 0.5) is 0 Å². The SMILES string of the molecule is Cl.NOC(c1ccccc1)(c1ccccc1)c1ccccc1. The van der Waals surface area contributed by atoms with Crippen molar-refractivity contribution >= 4 is 12.4 Å². The average molecular weight is 312 g/mol. The Balaban J connectivity index is 0.00000176. The van der Waals surface area contributed by atoms with E-state index in [1.165, 1.54) is 0 Å². The molecule has 22 heavy (non-hydrogen) atoms. The fourth-order valence-electron chi connectivity index (χ4n) is 2.72. The molecule has 0 spiro atoms. The summed E-state index contributed by atoms with van der Waals surface area (Å²) >= 11 is 0. The largest absolute Gasteiger partial charge is 0.283 e. The van der Waals surface area contributed by atoms with E-state index in [0.29, 0.717) is 0 Å². The first-order chi connectivity index (χ1) is 10.4. The Hall–Kier alpha value is -2.13. The molecule has 0 unspecified atom stereocenters. The maximum atomic E-state index is 5.80. The summed E-state index contributed by atoms with van der Waals surface area (Å²) in [6.07, 6.45) is 0. The van der Waals surface area contributed by atoms with Gasteiger partial charge in [-0.05, 0) is 16.7 Å². The maximum absolute atomic E-state index is 5.80. The van der Waals surface area contributed by atoms with Crippen molar-refractivity contribution in [3.8, 4) is 0 Å². The molecule has 3 aromatic rings. The van der Waals surface area contributed by atoms with E-state index in [2.05, 4.69) is 0 Å². The van der Waals surface area contributed by atoms with Gasteiger partial charge in [-0.2, -0.15) is 0 Å². The number of rotatable bonds is 4. The minimum absolute atomic E-state index is 0. The van der Waals surface area contributed by atoms with Gasteiger partial charge >= 0.3 is 0 Å². The van der Waals surface area contributed by atoms with Crippen molar-refractivity contribution in [2.45, 2.75) is 5.60 Å². The van der Waals surface area contributed by atoms with E-state index in [0.717, 1.165) is 16.7 Å². The summed E-state index contributed by atoms with van der Waals surface area (Å²) in [5.41, 5.74) is 2.21. The molecule has 0 aliphatic rings. The topological polar surface area (TPSA) is 35.2 Å². The molecule has 0 aliphatic carbocycles. The number of benzene rings is 3. The molecule has 3 heteroatoms. The van der Waals surface area contributed by atoms with E-state index in [4.69, 9.17) is 10.7 Å². The smallest absolute Gasteiger partial charge is 0.164 e. The van der Waals surface area contributed by atoms with Gasteiger partial charge in [-0.3, -0.25) is 4.84 Å². The molecular weight excluding hydrogens is 294 g/mol. The van der Waals surface area contributed by atoms with Crippen molar-refractivity contribution in [3.63, 3.8) is 0 Å². The van der Waals surface area contributed by atoms with E-state index in [-0.39, 0.29) is 12.4 Å². The molecule has 2 nitrogen and oxygen atoms in total. The lowest BCUT2D eigenvalue weighted by Crippen LogP contribution is -2.35. The first-order valence-corrected chi connectivity index (χ1v) is 6.92. The van der Waals surface area contributed by atoms with Gasteiger partial charge < -0.3 is 0 Å². The minimum Gasteiger partial charge on any atom is -0.283 e. The van der Waals surface area contributed by atoms with E-state index in [9.17, 15) is 0 Å². The van der Waals surface area contributed by atoms with Crippen LogP contribution in [0, 0.1) is 0 Å². The summed E-state index contributed by atoms with van der Waals surface area (Å²) in [6, 6.07) is 30.1. The van der Waals surface area contributed by atoms with Gasteiger partial charge in [-0.25, -0.2) is 5.90 Å². The Bertz CT molecular complexity index is 590. The molecular formula is C19H18ClNO. The first kappa shape index (κ1) is 16.2. The molecule has 0 saturated heterocycles. The van der Waals surface area contributed by atoms with Gasteiger partial charge in [0, 0.05) is 0 Å². The third kappa shape index (κ3) is 2.77. The summed E-state index contributed by atoms with van der Waals surface area (Å²) in [5.74, 6) is 5.80. The molecule has 3 rings (SSSR count). The Labute approximate surface area is 136 Å². The predicted octanol–water partition coefficient (Wildman–Crippen LogP) is 4.29. The van der Waals surface area contributed by atoms with Crippen molar-refractivity contribution < 1.29 is 4.84 Å². The molecule has 0 aliphatic heterocycles. The average Bonchev–Trinajstić information content (AvgIpc) is 2.59. The van der Waals surface area contributed by atoms with Crippen LogP contribution in [0.2, 0.25) is 0 Å². The lowest BCUT2D eigenvalue weighted by atomic mass is 9.80. The van der Waals surface area contributed by atoms with Gasteiger partial charge in [0.15, 0.2) is 5.60 Å². The fraction of sp³-hybridized carbons (Fsp3) is 0.0526. The number of halogens is 1. The second kappa shape index (κ2) is 7.23. The zero-order valence-electron chi connectivity index (χ0n) is 12.1. The van der Waals surface area contributed by atoms with Crippen LogP contribution in [-0.2, 0) is 10.4 Å². The Morgan fingerprint density at radius 2 is 0.818 bits per heavy atom. The Morgan fingerprint density at radius 1 is 0.545 bits per heavy atom. The highest BCUT2D eigenvalue weighted by molar-refractivity contribution is 5.85. The highest BCUT2D eigenvalue weighted by atomic mass is 35.5. The number of nitrogens with two attached hydrogens (primary N) is 1. The van der Waals surface area contributed by atoms with Crippen LogP contribution in [0.25, 0.3) is 0 Å². The van der Waals surface area contributed by atoms with Gasteiger partial charge in [-0.1, -0.05) is 91.0 Å². The fourth-order valence-corrected chi connectivity index (χ4v) is 2.72. The van der Waals surface area contributed by atoms with Gasteiger partial charge in [0.1, 0.15) is 0 Å². The van der Waals surface area contributed by atoms with Crippen molar-refractivity contribution in [1.29, 1.82) is 0 Å². The second-order valence-electron chi connectivity index (χ2n) is 4.90. The quantitative estimate of drug-likeness (QED) is 0.576. The lowest BCUT2D eigenvalue weighted by Gasteiger charge is -2.33. The normalized spacial score (nSPS) is 10.8. The van der Waals surface area contributed by atoms with Gasteiger partial charge in [0.05, 0.1) is 0 Å².